The molecule has 0 radical (unpaired) electrons. The van der Waals surface area contributed by atoms with Crippen molar-refractivity contribution in [2.75, 3.05) is 19.6 Å². The van der Waals surface area contributed by atoms with E-state index < -0.39 is 0 Å². The van der Waals surface area contributed by atoms with Crippen LogP contribution in [0.3, 0.4) is 0 Å². The van der Waals surface area contributed by atoms with Crippen LogP contribution in [0.25, 0.3) is 0 Å². The molecule has 0 unspecified atom stereocenters. The molecule has 1 aliphatic rings. The fourth-order valence-electron chi connectivity index (χ4n) is 3.02. The number of benzene rings is 1. The SMILES string of the molecule is O=C(Cn1cnnn1)NC[C@@H]1CCCN(Cc2ccccc2)C1. The second kappa shape index (κ2) is 7.82. The molecule has 1 aromatic carbocycles. The van der Waals surface area contributed by atoms with Crippen molar-refractivity contribution in [2.45, 2.75) is 25.9 Å². The first kappa shape index (κ1) is 15.6. The van der Waals surface area contributed by atoms with Gasteiger partial charge in [0, 0.05) is 19.6 Å². The van der Waals surface area contributed by atoms with E-state index in [4.69, 9.17) is 0 Å². The Labute approximate surface area is 135 Å². The maximum atomic E-state index is 11.9. The Morgan fingerprint density at radius 3 is 2.96 bits per heavy atom. The maximum Gasteiger partial charge on any atom is 0.241 e. The average molecular weight is 314 g/mol. The van der Waals surface area contributed by atoms with Crippen molar-refractivity contribution in [1.82, 2.24) is 30.4 Å². The minimum Gasteiger partial charge on any atom is -0.354 e. The van der Waals surface area contributed by atoms with Gasteiger partial charge in [-0.15, -0.1) is 5.10 Å². The number of piperidine rings is 1. The molecule has 2 aromatic rings. The Morgan fingerprint density at radius 1 is 1.30 bits per heavy atom. The summed E-state index contributed by atoms with van der Waals surface area (Å²) in [5, 5.41) is 13.7. The van der Waals surface area contributed by atoms with Crippen LogP contribution in [0.5, 0.6) is 0 Å². The zero-order chi connectivity index (χ0) is 15.9. The Hall–Kier alpha value is -2.28. The first-order chi connectivity index (χ1) is 11.3. The third-order valence-corrected chi connectivity index (χ3v) is 4.14. The van der Waals surface area contributed by atoms with Gasteiger partial charge in [0.1, 0.15) is 12.9 Å². The molecule has 3 rings (SSSR count). The lowest BCUT2D eigenvalue weighted by Crippen LogP contribution is -2.41. The van der Waals surface area contributed by atoms with E-state index in [0.717, 1.165) is 26.1 Å². The summed E-state index contributed by atoms with van der Waals surface area (Å²) in [6.45, 7) is 4.03. The smallest absolute Gasteiger partial charge is 0.241 e. The minimum absolute atomic E-state index is 0.0440. The molecule has 1 saturated heterocycles. The second-order valence-electron chi connectivity index (χ2n) is 6.04. The highest BCUT2D eigenvalue weighted by atomic mass is 16.2. The molecular weight excluding hydrogens is 292 g/mol. The van der Waals surface area contributed by atoms with Crippen LogP contribution < -0.4 is 5.32 Å². The van der Waals surface area contributed by atoms with Crippen molar-refractivity contribution >= 4 is 5.91 Å². The summed E-state index contributed by atoms with van der Waals surface area (Å²) in [6.07, 6.45) is 3.79. The zero-order valence-electron chi connectivity index (χ0n) is 13.1. The van der Waals surface area contributed by atoms with E-state index in [0.29, 0.717) is 12.5 Å². The molecule has 0 spiro atoms. The van der Waals surface area contributed by atoms with Gasteiger partial charge in [0.05, 0.1) is 0 Å². The summed E-state index contributed by atoms with van der Waals surface area (Å²) in [4.78, 5) is 14.4. The zero-order valence-corrected chi connectivity index (χ0v) is 13.1. The normalized spacial score (nSPS) is 18.7. The molecule has 1 atom stereocenters. The van der Waals surface area contributed by atoms with Gasteiger partial charge in [-0.1, -0.05) is 30.3 Å². The molecule has 1 aromatic heterocycles. The highest BCUT2D eigenvalue weighted by molar-refractivity contribution is 5.75. The van der Waals surface area contributed by atoms with Crippen molar-refractivity contribution in [3.8, 4) is 0 Å². The number of tetrazole rings is 1. The van der Waals surface area contributed by atoms with Gasteiger partial charge < -0.3 is 5.32 Å². The predicted molar refractivity (Wildman–Crippen MR) is 85.3 cm³/mol. The average Bonchev–Trinajstić information content (AvgIpc) is 3.07. The van der Waals surface area contributed by atoms with Gasteiger partial charge in [-0.05, 0) is 41.3 Å². The quantitative estimate of drug-likeness (QED) is 0.849. The third kappa shape index (κ3) is 4.85. The van der Waals surface area contributed by atoms with Gasteiger partial charge in [0.25, 0.3) is 0 Å². The monoisotopic (exact) mass is 314 g/mol. The third-order valence-electron chi connectivity index (χ3n) is 4.14. The highest BCUT2D eigenvalue weighted by Gasteiger charge is 2.20. The first-order valence-corrected chi connectivity index (χ1v) is 8.03. The van der Waals surface area contributed by atoms with Gasteiger partial charge in [0.2, 0.25) is 5.91 Å². The van der Waals surface area contributed by atoms with Gasteiger partial charge in [-0.3, -0.25) is 9.69 Å². The van der Waals surface area contributed by atoms with Crippen molar-refractivity contribution < 1.29 is 4.79 Å². The summed E-state index contributed by atoms with van der Waals surface area (Å²) in [5.41, 5.74) is 1.34. The summed E-state index contributed by atoms with van der Waals surface area (Å²) < 4.78 is 1.43. The van der Waals surface area contributed by atoms with Crippen LogP contribution >= 0.6 is 0 Å². The number of nitrogens with one attached hydrogen (secondary N) is 1. The summed E-state index contributed by atoms with van der Waals surface area (Å²) in [6, 6.07) is 10.5. The van der Waals surface area contributed by atoms with E-state index in [1.807, 2.05) is 6.07 Å². The molecule has 7 nitrogen and oxygen atoms in total. The lowest BCUT2D eigenvalue weighted by Gasteiger charge is -2.32. The predicted octanol–water partition coefficient (Wildman–Crippen LogP) is 0.702. The molecule has 1 aliphatic heterocycles. The number of hydrogen-bond acceptors (Lipinski definition) is 5. The van der Waals surface area contributed by atoms with E-state index in [9.17, 15) is 4.79 Å². The largest absolute Gasteiger partial charge is 0.354 e. The molecule has 1 amide bonds. The molecule has 0 aliphatic carbocycles. The van der Waals surface area contributed by atoms with E-state index in [1.165, 1.54) is 23.0 Å². The van der Waals surface area contributed by atoms with Crippen LogP contribution in [-0.4, -0.2) is 50.6 Å². The molecule has 1 N–H and O–H groups in total. The molecule has 2 heterocycles. The number of hydrogen-bond donors (Lipinski definition) is 1. The van der Waals surface area contributed by atoms with Crippen molar-refractivity contribution in [1.29, 1.82) is 0 Å². The fourth-order valence-corrected chi connectivity index (χ4v) is 3.02. The Kier molecular flexibility index (Phi) is 5.31. The second-order valence-corrected chi connectivity index (χ2v) is 6.04. The van der Waals surface area contributed by atoms with Crippen LogP contribution in [0, 0.1) is 5.92 Å². The highest BCUT2D eigenvalue weighted by Crippen LogP contribution is 2.18. The Morgan fingerprint density at radius 2 is 2.17 bits per heavy atom. The lowest BCUT2D eigenvalue weighted by atomic mass is 9.97. The molecule has 0 saturated carbocycles. The molecule has 122 valence electrons. The molecule has 23 heavy (non-hydrogen) atoms. The van der Waals surface area contributed by atoms with E-state index in [-0.39, 0.29) is 12.5 Å². The molecule has 7 heteroatoms. The topological polar surface area (TPSA) is 75.9 Å². The van der Waals surface area contributed by atoms with Gasteiger partial charge in [-0.25, -0.2) is 4.68 Å². The van der Waals surface area contributed by atoms with Crippen LogP contribution in [0.1, 0.15) is 18.4 Å². The van der Waals surface area contributed by atoms with E-state index >= 15 is 0 Å². The summed E-state index contributed by atoms with van der Waals surface area (Å²) in [5.74, 6) is 0.461. The van der Waals surface area contributed by atoms with Crippen LogP contribution in [-0.2, 0) is 17.9 Å². The number of carbonyl (C=O) groups excluding carboxylic acids is 1. The summed E-state index contributed by atoms with van der Waals surface area (Å²) in [7, 11) is 0. The van der Waals surface area contributed by atoms with Crippen LogP contribution in [0.4, 0.5) is 0 Å². The van der Waals surface area contributed by atoms with Gasteiger partial charge in [0.15, 0.2) is 0 Å². The van der Waals surface area contributed by atoms with E-state index in [1.54, 1.807) is 0 Å². The van der Waals surface area contributed by atoms with Crippen LogP contribution in [0.15, 0.2) is 36.7 Å². The van der Waals surface area contributed by atoms with Crippen molar-refractivity contribution in [3.05, 3.63) is 42.2 Å². The molecule has 1 fully saturated rings. The van der Waals surface area contributed by atoms with Gasteiger partial charge in [-0.2, -0.15) is 0 Å². The summed E-state index contributed by atoms with van der Waals surface area (Å²) >= 11 is 0. The number of carbonyl (C=O) groups is 1. The number of rotatable bonds is 6. The fraction of sp³-hybridized carbons (Fsp3) is 0.500. The Balaban J connectivity index is 1.42. The lowest BCUT2D eigenvalue weighted by molar-refractivity contribution is -0.122. The van der Waals surface area contributed by atoms with Crippen molar-refractivity contribution in [2.24, 2.45) is 5.92 Å². The van der Waals surface area contributed by atoms with Crippen molar-refractivity contribution in [3.63, 3.8) is 0 Å². The van der Waals surface area contributed by atoms with Crippen LogP contribution in [0.2, 0.25) is 0 Å². The Bertz CT molecular complexity index is 600. The number of amides is 1. The molecule has 0 bridgehead atoms. The van der Waals surface area contributed by atoms with Gasteiger partial charge >= 0.3 is 0 Å². The van der Waals surface area contributed by atoms with E-state index in [2.05, 4.69) is 50.0 Å². The number of nitrogens with zero attached hydrogens (tertiary/aromatic N) is 5. The first-order valence-electron chi connectivity index (χ1n) is 8.03. The standard InChI is InChI=1S/C16H22N6O/c23-16(12-22-13-18-19-20-22)17-9-15-7-4-8-21(11-15)10-14-5-2-1-3-6-14/h1-3,5-6,13,15H,4,7-12H2,(H,17,23)/t15-/m0/s1. The molecular formula is C16H22N6O. The maximum absolute atomic E-state index is 11.9. The minimum atomic E-state index is -0.0440. The number of aromatic nitrogens is 4. The number of likely N-dealkylation sites (tertiary alicyclic amines) is 1.